The lowest BCUT2D eigenvalue weighted by Crippen LogP contribution is -2.01. The molecule has 0 saturated carbocycles. The Kier molecular flexibility index (Phi) is 3.46. The van der Waals surface area contributed by atoms with Crippen LogP contribution in [0.2, 0.25) is 0 Å². The molecule has 0 aliphatic rings. The third-order valence-corrected chi connectivity index (χ3v) is 3.17. The molecule has 1 aromatic carbocycles. The summed E-state index contributed by atoms with van der Waals surface area (Å²) >= 11 is 0. The van der Waals surface area contributed by atoms with Crippen molar-refractivity contribution in [2.24, 2.45) is 0 Å². The van der Waals surface area contributed by atoms with Crippen molar-refractivity contribution >= 4 is 25.5 Å². The summed E-state index contributed by atoms with van der Waals surface area (Å²) in [5, 5.41) is 0. The first-order chi connectivity index (χ1) is 6.86. The highest BCUT2D eigenvalue weighted by Gasteiger charge is 2.18. The van der Waals surface area contributed by atoms with Gasteiger partial charge >= 0.3 is 0 Å². The molecule has 1 rings (SSSR count). The first kappa shape index (κ1) is 12.1. The minimum absolute atomic E-state index is 0.137. The van der Waals surface area contributed by atoms with Gasteiger partial charge in [-0.1, -0.05) is 6.92 Å². The summed E-state index contributed by atoms with van der Waals surface area (Å²) in [5.74, 6) is -1.23. The van der Waals surface area contributed by atoms with E-state index in [1.807, 2.05) is 0 Å². The zero-order chi connectivity index (χ0) is 11.6. The summed E-state index contributed by atoms with van der Waals surface area (Å²) in [5.41, 5.74) is 0.137. The molecule has 0 fully saturated rings. The molecule has 82 valence electrons. The maximum Gasteiger partial charge on any atom is 0.264 e. The van der Waals surface area contributed by atoms with E-state index in [1.165, 1.54) is 6.07 Å². The van der Waals surface area contributed by atoms with Crippen LogP contribution in [0.25, 0.3) is 0 Å². The van der Waals surface area contributed by atoms with Gasteiger partial charge in [0, 0.05) is 22.7 Å². The molecule has 0 aliphatic carbocycles. The number of halogens is 2. The Morgan fingerprint density at radius 1 is 1.47 bits per heavy atom. The Morgan fingerprint density at radius 2 is 2.07 bits per heavy atom. The van der Waals surface area contributed by atoms with Crippen LogP contribution in [0.5, 0.6) is 0 Å². The molecule has 0 N–H and O–H groups in total. The molecule has 0 bridgehead atoms. The second kappa shape index (κ2) is 4.28. The zero-order valence-electron chi connectivity index (χ0n) is 7.83. The number of benzene rings is 1. The predicted molar refractivity (Wildman–Crippen MR) is 54.1 cm³/mol. The summed E-state index contributed by atoms with van der Waals surface area (Å²) in [6.45, 7) is 1.63. The summed E-state index contributed by atoms with van der Waals surface area (Å²) in [7, 11) is 0.852. The molecule has 1 aromatic rings. The number of rotatable bonds is 3. The molecule has 0 spiro atoms. The molecule has 6 heteroatoms. The van der Waals surface area contributed by atoms with E-state index >= 15 is 0 Å². The number of carbonyl (C=O) groups is 1. The van der Waals surface area contributed by atoms with Crippen molar-refractivity contribution in [3.05, 3.63) is 29.6 Å². The van der Waals surface area contributed by atoms with Gasteiger partial charge in [-0.25, -0.2) is 12.8 Å². The number of carbonyl (C=O) groups excluding carboxylic acids is 1. The van der Waals surface area contributed by atoms with Crippen LogP contribution in [0.1, 0.15) is 23.7 Å². The molecule has 0 saturated heterocycles. The first-order valence-electron chi connectivity index (χ1n) is 4.13. The fourth-order valence-electron chi connectivity index (χ4n) is 1.07. The monoisotopic (exact) mass is 250 g/mol. The van der Waals surface area contributed by atoms with Gasteiger partial charge in [0.05, 0.1) is 0 Å². The van der Waals surface area contributed by atoms with E-state index in [0.29, 0.717) is 0 Å². The van der Waals surface area contributed by atoms with Crippen LogP contribution in [0.4, 0.5) is 4.39 Å². The van der Waals surface area contributed by atoms with Gasteiger partial charge in [-0.05, 0) is 18.2 Å². The Balaban J connectivity index is 3.36. The largest absolute Gasteiger partial charge is 0.294 e. The van der Waals surface area contributed by atoms with Crippen LogP contribution in [0, 0.1) is 5.82 Å². The quantitative estimate of drug-likeness (QED) is 0.611. The van der Waals surface area contributed by atoms with Gasteiger partial charge in [-0.15, -0.1) is 0 Å². The van der Waals surface area contributed by atoms with Crippen molar-refractivity contribution in [3.63, 3.8) is 0 Å². The highest BCUT2D eigenvalue weighted by atomic mass is 35.7. The van der Waals surface area contributed by atoms with Gasteiger partial charge in [0.1, 0.15) is 10.7 Å². The SMILES string of the molecule is CCC(=O)c1ccc(F)c(S(=O)(=O)Cl)c1. The third kappa shape index (κ3) is 2.76. The number of hydrogen-bond donors (Lipinski definition) is 0. The predicted octanol–water partition coefficient (Wildman–Crippen LogP) is 2.35. The van der Waals surface area contributed by atoms with Gasteiger partial charge < -0.3 is 0 Å². The van der Waals surface area contributed by atoms with Crippen molar-refractivity contribution in [1.29, 1.82) is 0 Å². The van der Waals surface area contributed by atoms with Gasteiger partial charge in [-0.3, -0.25) is 4.79 Å². The smallest absolute Gasteiger partial charge is 0.264 e. The van der Waals surface area contributed by atoms with E-state index in [0.717, 1.165) is 12.1 Å². The van der Waals surface area contributed by atoms with Crippen LogP contribution in [0.15, 0.2) is 23.1 Å². The van der Waals surface area contributed by atoms with Crippen molar-refractivity contribution < 1.29 is 17.6 Å². The molecule has 0 atom stereocenters. The molecule has 15 heavy (non-hydrogen) atoms. The minimum Gasteiger partial charge on any atom is -0.294 e. The lowest BCUT2D eigenvalue weighted by Gasteiger charge is -2.02. The van der Waals surface area contributed by atoms with Gasteiger partial charge in [0.15, 0.2) is 5.78 Å². The second-order valence-electron chi connectivity index (χ2n) is 2.86. The zero-order valence-corrected chi connectivity index (χ0v) is 9.40. The minimum atomic E-state index is -4.15. The molecule has 0 aromatic heterocycles. The second-order valence-corrected chi connectivity index (χ2v) is 5.39. The van der Waals surface area contributed by atoms with E-state index in [4.69, 9.17) is 10.7 Å². The van der Waals surface area contributed by atoms with Crippen LogP contribution in [-0.2, 0) is 9.05 Å². The van der Waals surface area contributed by atoms with E-state index in [-0.39, 0.29) is 17.8 Å². The van der Waals surface area contributed by atoms with Gasteiger partial charge in [0.25, 0.3) is 9.05 Å². The summed E-state index contributed by atoms with van der Waals surface area (Å²) in [6.07, 6.45) is 0.216. The van der Waals surface area contributed by atoms with Crippen LogP contribution in [-0.4, -0.2) is 14.2 Å². The van der Waals surface area contributed by atoms with Crippen LogP contribution < -0.4 is 0 Å². The molecule has 0 unspecified atom stereocenters. The summed E-state index contributed by atoms with van der Waals surface area (Å²) < 4.78 is 34.9. The number of hydrogen-bond acceptors (Lipinski definition) is 3. The Bertz CT molecular complexity index is 496. The van der Waals surface area contributed by atoms with Crippen molar-refractivity contribution in [1.82, 2.24) is 0 Å². The topological polar surface area (TPSA) is 51.2 Å². The fraction of sp³-hybridized carbons (Fsp3) is 0.222. The van der Waals surface area contributed by atoms with Crippen molar-refractivity contribution in [3.8, 4) is 0 Å². The molecule has 0 heterocycles. The molecule has 0 amide bonds. The Hall–Kier alpha value is -0.940. The number of Topliss-reactive ketones (excluding diaryl/α,β-unsaturated/α-hetero) is 1. The third-order valence-electron chi connectivity index (χ3n) is 1.84. The maximum absolute atomic E-state index is 13.1. The van der Waals surface area contributed by atoms with E-state index in [1.54, 1.807) is 6.92 Å². The van der Waals surface area contributed by atoms with Crippen LogP contribution >= 0.6 is 10.7 Å². The molecule has 0 aliphatic heterocycles. The average molecular weight is 251 g/mol. The summed E-state index contributed by atoms with van der Waals surface area (Å²) in [6, 6.07) is 3.09. The molecular formula is C9H8ClFO3S. The Labute approximate surface area is 91.3 Å². The molecule has 0 radical (unpaired) electrons. The number of ketones is 1. The molecular weight excluding hydrogens is 243 g/mol. The van der Waals surface area contributed by atoms with Gasteiger partial charge in [0.2, 0.25) is 0 Å². The lowest BCUT2D eigenvalue weighted by atomic mass is 10.1. The first-order valence-corrected chi connectivity index (χ1v) is 6.44. The lowest BCUT2D eigenvalue weighted by molar-refractivity contribution is 0.0988. The van der Waals surface area contributed by atoms with Crippen LogP contribution in [0.3, 0.4) is 0 Å². The maximum atomic E-state index is 13.1. The summed E-state index contributed by atoms with van der Waals surface area (Å²) in [4.78, 5) is 10.6. The van der Waals surface area contributed by atoms with Crippen molar-refractivity contribution in [2.45, 2.75) is 18.2 Å². The van der Waals surface area contributed by atoms with E-state index < -0.39 is 19.8 Å². The normalized spacial score (nSPS) is 11.4. The highest BCUT2D eigenvalue weighted by Crippen LogP contribution is 2.20. The van der Waals surface area contributed by atoms with Gasteiger partial charge in [-0.2, -0.15) is 0 Å². The average Bonchev–Trinajstić information content (AvgIpc) is 2.15. The van der Waals surface area contributed by atoms with E-state index in [9.17, 15) is 17.6 Å². The fourth-order valence-corrected chi connectivity index (χ4v) is 1.99. The van der Waals surface area contributed by atoms with Crippen molar-refractivity contribution in [2.75, 3.05) is 0 Å². The standard InChI is InChI=1S/C9H8ClFO3S/c1-2-8(12)6-3-4-7(11)9(5-6)15(10,13)14/h3-5H,2H2,1H3. The molecule has 3 nitrogen and oxygen atoms in total. The Morgan fingerprint density at radius 3 is 2.53 bits per heavy atom. The highest BCUT2D eigenvalue weighted by molar-refractivity contribution is 8.13. The van der Waals surface area contributed by atoms with E-state index in [2.05, 4.69) is 0 Å².